The van der Waals surface area contributed by atoms with Crippen molar-refractivity contribution in [2.75, 3.05) is 5.32 Å². The SMILES string of the molecule is C=C/C=C(\C=C)CC(NC(=O)OCc1ccccc1)C(=O)NCc1cncc(NC(=O)c2ccc3c(c2)N=C(N)CC(C)=C3)c1. The average molecular weight is 605 g/mol. The molecule has 1 atom stereocenters. The van der Waals surface area contributed by atoms with Crippen molar-refractivity contribution in [3.63, 3.8) is 0 Å². The third kappa shape index (κ3) is 9.62. The van der Waals surface area contributed by atoms with Crippen LogP contribution in [-0.4, -0.2) is 34.8 Å². The number of amidine groups is 1. The molecular weight excluding hydrogens is 568 g/mol. The van der Waals surface area contributed by atoms with Crippen LogP contribution in [0.5, 0.6) is 0 Å². The van der Waals surface area contributed by atoms with Crippen molar-refractivity contribution in [3.05, 3.63) is 132 Å². The number of anilines is 1. The number of aliphatic imine (C=N–C) groups is 1. The highest BCUT2D eigenvalue weighted by Gasteiger charge is 2.22. The number of allylic oxidation sites excluding steroid dienone is 3. The quantitative estimate of drug-likeness (QED) is 0.194. The summed E-state index contributed by atoms with van der Waals surface area (Å²) in [7, 11) is 0. The molecule has 230 valence electrons. The van der Waals surface area contributed by atoms with Gasteiger partial charge in [-0.05, 0) is 41.8 Å². The first-order chi connectivity index (χ1) is 21.7. The largest absolute Gasteiger partial charge is 0.445 e. The zero-order valence-electron chi connectivity index (χ0n) is 25.1. The molecule has 0 radical (unpaired) electrons. The van der Waals surface area contributed by atoms with Gasteiger partial charge in [0.15, 0.2) is 0 Å². The second-order valence-electron chi connectivity index (χ2n) is 10.4. The van der Waals surface area contributed by atoms with Crippen LogP contribution in [0.15, 0.2) is 115 Å². The van der Waals surface area contributed by atoms with Crippen LogP contribution in [0, 0.1) is 0 Å². The molecule has 45 heavy (non-hydrogen) atoms. The Morgan fingerprint density at radius 1 is 1.07 bits per heavy atom. The molecule has 0 spiro atoms. The Kier molecular flexibility index (Phi) is 11.2. The monoisotopic (exact) mass is 604 g/mol. The van der Waals surface area contributed by atoms with Gasteiger partial charge in [-0.2, -0.15) is 0 Å². The van der Waals surface area contributed by atoms with Crippen molar-refractivity contribution in [2.24, 2.45) is 10.7 Å². The van der Waals surface area contributed by atoms with E-state index in [4.69, 9.17) is 10.5 Å². The first kappa shape index (κ1) is 32.2. The van der Waals surface area contributed by atoms with Gasteiger partial charge in [-0.15, -0.1) is 0 Å². The van der Waals surface area contributed by atoms with Gasteiger partial charge in [0.2, 0.25) is 5.91 Å². The van der Waals surface area contributed by atoms with Crippen LogP contribution < -0.4 is 21.7 Å². The Hall–Kier alpha value is -5.77. The summed E-state index contributed by atoms with van der Waals surface area (Å²) < 4.78 is 5.32. The predicted octanol–water partition coefficient (Wildman–Crippen LogP) is 5.73. The first-order valence-electron chi connectivity index (χ1n) is 14.3. The van der Waals surface area contributed by atoms with Crippen molar-refractivity contribution in [3.8, 4) is 0 Å². The number of alkyl carbamates (subject to hydrolysis) is 1. The zero-order valence-corrected chi connectivity index (χ0v) is 25.1. The lowest BCUT2D eigenvalue weighted by atomic mass is 10.0. The number of benzene rings is 2. The molecule has 1 aliphatic rings. The first-order valence-corrected chi connectivity index (χ1v) is 14.3. The maximum atomic E-state index is 13.2. The topological polar surface area (TPSA) is 148 Å². The summed E-state index contributed by atoms with van der Waals surface area (Å²) in [5.74, 6) is -0.297. The summed E-state index contributed by atoms with van der Waals surface area (Å²) in [6.45, 7) is 9.61. The van der Waals surface area contributed by atoms with E-state index in [-0.39, 0.29) is 25.5 Å². The number of fused-ring (bicyclic) bond motifs is 1. The van der Waals surface area contributed by atoms with Gasteiger partial charge in [-0.3, -0.25) is 14.6 Å². The van der Waals surface area contributed by atoms with E-state index in [0.29, 0.717) is 40.3 Å². The molecule has 0 saturated heterocycles. The van der Waals surface area contributed by atoms with E-state index in [1.807, 2.05) is 49.4 Å². The number of carbonyl (C=O) groups excluding carboxylic acids is 3. The number of pyridine rings is 1. The average Bonchev–Trinajstić information content (AvgIpc) is 3.18. The summed E-state index contributed by atoms with van der Waals surface area (Å²) in [4.78, 5) is 47.5. The van der Waals surface area contributed by atoms with Crippen molar-refractivity contribution in [1.29, 1.82) is 0 Å². The van der Waals surface area contributed by atoms with E-state index in [9.17, 15) is 14.4 Å². The number of nitrogens with two attached hydrogens (primary N) is 1. The highest BCUT2D eigenvalue weighted by atomic mass is 16.5. The Morgan fingerprint density at radius 2 is 1.87 bits per heavy atom. The Balaban J connectivity index is 1.39. The number of nitrogens with one attached hydrogen (secondary N) is 3. The van der Waals surface area contributed by atoms with Crippen LogP contribution >= 0.6 is 0 Å². The highest BCUT2D eigenvalue weighted by Crippen LogP contribution is 2.27. The van der Waals surface area contributed by atoms with E-state index < -0.39 is 18.0 Å². The van der Waals surface area contributed by atoms with Crippen LogP contribution in [0.3, 0.4) is 0 Å². The van der Waals surface area contributed by atoms with Crippen LogP contribution in [0.2, 0.25) is 0 Å². The van der Waals surface area contributed by atoms with Crippen molar-refractivity contribution >= 4 is 41.2 Å². The van der Waals surface area contributed by atoms with Crippen LogP contribution in [0.25, 0.3) is 6.08 Å². The zero-order chi connectivity index (χ0) is 32.2. The number of aromatic nitrogens is 1. The second kappa shape index (κ2) is 15.6. The van der Waals surface area contributed by atoms with E-state index in [1.165, 1.54) is 6.20 Å². The molecule has 0 fully saturated rings. The van der Waals surface area contributed by atoms with Crippen molar-refractivity contribution in [1.82, 2.24) is 15.6 Å². The van der Waals surface area contributed by atoms with Gasteiger partial charge < -0.3 is 26.4 Å². The highest BCUT2D eigenvalue weighted by molar-refractivity contribution is 6.05. The lowest BCUT2D eigenvalue weighted by Gasteiger charge is -2.19. The van der Waals surface area contributed by atoms with Crippen LogP contribution in [-0.2, 0) is 22.7 Å². The third-order valence-corrected chi connectivity index (χ3v) is 6.79. The number of hydrogen-bond donors (Lipinski definition) is 4. The molecule has 2 aromatic carbocycles. The lowest BCUT2D eigenvalue weighted by molar-refractivity contribution is -0.123. The molecular formula is C35H36N6O4. The minimum atomic E-state index is -0.947. The predicted molar refractivity (Wildman–Crippen MR) is 177 cm³/mol. The van der Waals surface area contributed by atoms with E-state index in [0.717, 1.165) is 16.7 Å². The van der Waals surface area contributed by atoms with E-state index in [1.54, 1.807) is 42.6 Å². The van der Waals surface area contributed by atoms with Gasteiger partial charge in [-0.1, -0.05) is 79.4 Å². The molecule has 4 rings (SSSR count). The number of carbonyl (C=O) groups is 3. The Labute approximate surface area is 262 Å². The minimum absolute atomic E-state index is 0.0610. The van der Waals surface area contributed by atoms with E-state index in [2.05, 4.69) is 39.1 Å². The summed E-state index contributed by atoms with van der Waals surface area (Å²) in [5.41, 5.74) is 11.6. The molecule has 5 N–H and O–H groups in total. The fraction of sp³-hybridized carbons (Fsp3) is 0.171. The standard InChI is InChI=1S/C35H36N6O4/c1-4-9-24(5-2)17-31(41-35(44)45-22-25-10-7-6-8-11-25)34(43)38-20-26-16-29(21-37-19-26)39-33(42)28-13-12-27-14-23(3)15-32(36)40-30(27)18-28/h4-14,16,18-19,21,31H,1-2,15,17,20,22H2,3H3,(H2,36,40)(H,38,43)(H,39,42)(H,41,44)/b24-9+. The van der Waals surface area contributed by atoms with Crippen molar-refractivity contribution in [2.45, 2.75) is 39.0 Å². The van der Waals surface area contributed by atoms with Gasteiger partial charge in [-0.25, -0.2) is 9.79 Å². The maximum Gasteiger partial charge on any atom is 0.408 e. The maximum absolute atomic E-state index is 13.2. The summed E-state index contributed by atoms with van der Waals surface area (Å²) in [5, 5.41) is 8.31. The molecule has 1 unspecified atom stereocenters. The molecule has 1 aliphatic heterocycles. The van der Waals surface area contributed by atoms with Crippen LogP contribution in [0.1, 0.15) is 46.8 Å². The number of nitrogens with zero attached hydrogens (tertiary/aromatic N) is 2. The van der Waals surface area contributed by atoms with Gasteiger partial charge in [0.05, 0.1) is 17.6 Å². The Bertz CT molecular complexity index is 1680. The number of ether oxygens (including phenoxy) is 1. The molecule has 0 saturated carbocycles. The minimum Gasteiger partial charge on any atom is -0.445 e. The molecule has 0 bridgehead atoms. The van der Waals surface area contributed by atoms with Crippen LogP contribution in [0.4, 0.5) is 16.2 Å². The van der Waals surface area contributed by atoms with Gasteiger partial charge in [0, 0.05) is 36.7 Å². The van der Waals surface area contributed by atoms with Gasteiger partial charge >= 0.3 is 6.09 Å². The number of rotatable bonds is 12. The molecule has 10 heteroatoms. The fourth-order valence-corrected chi connectivity index (χ4v) is 4.59. The molecule has 1 aromatic heterocycles. The third-order valence-electron chi connectivity index (χ3n) is 6.79. The lowest BCUT2D eigenvalue weighted by Crippen LogP contribution is -2.46. The summed E-state index contributed by atoms with van der Waals surface area (Å²) in [6.07, 6.45) is 9.99. The number of hydrogen-bond acceptors (Lipinski definition) is 7. The molecule has 3 aromatic rings. The van der Waals surface area contributed by atoms with Gasteiger partial charge in [0.1, 0.15) is 18.5 Å². The molecule has 10 nitrogen and oxygen atoms in total. The van der Waals surface area contributed by atoms with Gasteiger partial charge in [0.25, 0.3) is 5.91 Å². The van der Waals surface area contributed by atoms with E-state index >= 15 is 0 Å². The fourth-order valence-electron chi connectivity index (χ4n) is 4.59. The smallest absolute Gasteiger partial charge is 0.408 e. The number of amides is 3. The second-order valence-corrected chi connectivity index (χ2v) is 10.4. The normalized spacial score (nSPS) is 13.1. The van der Waals surface area contributed by atoms with Crippen molar-refractivity contribution < 1.29 is 19.1 Å². The molecule has 2 heterocycles. The molecule has 3 amide bonds. The Morgan fingerprint density at radius 3 is 2.62 bits per heavy atom. The summed E-state index contributed by atoms with van der Waals surface area (Å²) >= 11 is 0. The molecule has 0 aliphatic carbocycles. The summed E-state index contributed by atoms with van der Waals surface area (Å²) in [6, 6.07) is 15.2.